The standard InChI is InChI=1S/C19H23NO4/c1-14(21)10-20(11-15-4-3-5-17(8-15)22-2)12-16-6-7-18-19(9-16)24-13-23-18/h3-9,14,21H,10-13H2,1-2H3. The number of methoxy groups -OCH3 is 1. The maximum atomic E-state index is 9.82. The lowest BCUT2D eigenvalue weighted by Gasteiger charge is -2.24. The molecule has 1 aliphatic heterocycles. The van der Waals surface area contributed by atoms with E-state index in [0.29, 0.717) is 6.54 Å². The van der Waals surface area contributed by atoms with E-state index >= 15 is 0 Å². The summed E-state index contributed by atoms with van der Waals surface area (Å²) in [4.78, 5) is 2.21. The van der Waals surface area contributed by atoms with Gasteiger partial charge in [-0.2, -0.15) is 0 Å². The number of aliphatic hydroxyl groups excluding tert-OH is 1. The monoisotopic (exact) mass is 329 g/mol. The molecule has 0 bridgehead atoms. The Morgan fingerprint density at radius 1 is 1.08 bits per heavy atom. The fourth-order valence-corrected chi connectivity index (χ4v) is 2.89. The molecule has 128 valence electrons. The van der Waals surface area contributed by atoms with Gasteiger partial charge in [-0.3, -0.25) is 4.90 Å². The summed E-state index contributed by atoms with van der Waals surface area (Å²) in [5.41, 5.74) is 2.28. The Bertz CT molecular complexity index is 687. The van der Waals surface area contributed by atoms with Gasteiger partial charge in [0.15, 0.2) is 11.5 Å². The second kappa shape index (κ2) is 7.55. The summed E-state index contributed by atoms with van der Waals surface area (Å²) in [6.07, 6.45) is -0.399. The molecule has 2 aromatic carbocycles. The molecule has 3 rings (SSSR count). The third-order valence-corrected chi connectivity index (χ3v) is 3.91. The first kappa shape index (κ1) is 16.6. The van der Waals surface area contributed by atoms with Crippen molar-refractivity contribution in [1.29, 1.82) is 0 Å². The molecule has 0 amide bonds. The second-order valence-electron chi connectivity index (χ2n) is 6.06. The van der Waals surface area contributed by atoms with Crippen LogP contribution < -0.4 is 14.2 Å². The van der Waals surface area contributed by atoms with Gasteiger partial charge in [-0.05, 0) is 42.3 Å². The van der Waals surface area contributed by atoms with Crippen LogP contribution >= 0.6 is 0 Å². The van der Waals surface area contributed by atoms with Gasteiger partial charge < -0.3 is 19.3 Å². The first-order valence-electron chi connectivity index (χ1n) is 8.06. The van der Waals surface area contributed by atoms with E-state index in [9.17, 15) is 5.11 Å². The molecule has 1 N–H and O–H groups in total. The van der Waals surface area contributed by atoms with Gasteiger partial charge in [0.2, 0.25) is 6.79 Å². The quantitative estimate of drug-likeness (QED) is 0.846. The van der Waals surface area contributed by atoms with E-state index < -0.39 is 6.10 Å². The summed E-state index contributed by atoms with van der Waals surface area (Å²) in [7, 11) is 1.67. The average Bonchev–Trinajstić information content (AvgIpc) is 3.02. The molecule has 0 fully saturated rings. The minimum absolute atomic E-state index is 0.278. The van der Waals surface area contributed by atoms with Gasteiger partial charge in [0.05, 0.1) is 13.2 Å². The van der Waals surface area contributed by atoms with Gasteiger partial charge in [0.25, 0.3) is 0 Å². The average molecular weight is 329 g/mol. The first-order valence-corrected chi connectivity index (χ1v) is 8.06. The summed E-state index contributed by atoms with van der Waals surface area (Å²) in [5.74, 6) is 2.41. The van der Waals surface area contributed by atoms with Crippen LogP contribution in [-0.4, -0.2) is 36.6 Å². The second-order valence-corrected chi connectivity index (χ2v) is 6.06. The van der Waals surface area contributed by atoms with Gasteiger partial charge in [0, 0.05) is 19.6 Å². The highest BCUT2D eigenvalue weighted by atomic mass is 16.7. The van der Waals surface area contributed by atoms with E-state index in [1.54, 1.807) is 14.0 Å². The van der Waals surface area contributed by atoms with Gasteiger partial charge in [-0.1, -0.05) is 18.2 Å². The van der Waals surface area contributed by atoms with E-state index in [1.807, 2.05) is 36.4 Å². The minimum atomic E-state index is -0.399. The molecule has 2 aromatic rings. The maximum Gasteiger partial charge on any atom is 0.231 e. The van der Waals surface area contributed by atoms with E-state index in [0.717, 1.165) is 41.5 Å². The van der Waals surface area contributed by atoms with Crippen LogP contribution in [-0.2, 0) is 13.1 Å². The van der Waals surface area contributed by atoms with Crippen molar-refractivity contribution in [2.45, 2.75) is 26.1 Å². The lowest BCUT2D eigenvalue weighted by atomic mass is 10.1. The molecule has 0 spiro atoms. The predicted octanol–water partition coefficient (Wildman–Crippen LogP) is 2.81. The number of ether oxygens (including phenoxy) is 3. The molecule has 0 aliphatic carbocycles. The summed E-state index contributed by atoms with van der Waals surface area (Å²) in [5, 5.41) is 9.82. The van der Waals surface area contributed by atoms with Gasteiger partial charge in [-0.15, -0.1) is 0 Å². The van der Waals surface area contributed by atoms with Crippen molar-refractivity contribution in [3.8, 4) is 17.2 Å². The lowest BCUT2D eigenvalue weighted by Crippen LogP contribution is -2.30. The molecule has 0 aromatic heterocycles. The molecule has 5 heteroatoms. The van der Waals surface area contributed by atoms with Crippen LogP contribution in [0.2, 0.25) is 0 Å². The number of benzene rings is 2. The van der Waals surface area contributed by atoms with Crippen LogP contribution in [0.5, 0.6) is 17.2 Å². The van der Waals surface area contributed by atoms with Gasteiger partial charge in [0.1, 0.15) is 5.75 Å². The third-order valence-electron chi connectivity index (χ3n) is 3.91. The number of nitrogens with zero attached hydrogens (tertiary/aromatic N) is 1. The van der Waals surface area contributed by atoms with Crippen molar-refractivity contribution in [2.75, 3.05) is 20.4 Å². The Labute approximate surface area is 142 Å². The highest BCUT2D eigenvalue weighted by Crippen LogP contribution is 2.33. The lowest BCUT2D eigenvalue weighted by molar-refractivity contribution is 0.118. The van der Waals surface area contributed by atoms with Gasteiger partial charge >= 0.3 is 0 Å². The number of hydrogen-bond acceptors (Lipinski definition) is 5. The first-order chi connectivity index (χ1) is 11.6. The largest absolute Gasteiger partial charge is 0.497 e. The summed E-state index contributed by atoms with van der Waals surface area (Å²) in [6.45, 7) is 4.12. The molecular weight excluding hydrogens is 306 g/mol. The van der Waals surface area contributed by atoms with Crippen molar-refractivity contribution in [3.63, 3.8) is 0 Å². The topological polar surface area (TPSA) is 51.2 Å². The number of hydrogen-bond donors (Lipinski definition) is 1. The van der Waals surface area contributed by atoms with Crippen LogP contribution in [0.3, 0.4) is 0 Å². The molecule has 1 unspecified atom stereocenters. The minimum Gasteiger partial charge on any atom is -0.497 e. The Hall–Kier alpha value is -2.24. The smallest absolute Gasteiger partial charge is 0.231 e. The molecule has 5 nitrogen and oxygen atoms in total. The number of fused-ring (bicyclic) bond motifs is 1. The zero-order chi connectivity index (χ0) is 16.9. The Morgan fingerprint density at radius 3 is 2.58 bits per heavy atom. The van der Waals surface area contributed by atoms with E-state index in [2.05, 4.69) is 11.0 Å². The predicted molar refractivity (Wildman–Crippen MR) is 91.4 cm³/mol. The van der Waals surface area contributed by atoms with Crippen LogP contribution in [0.15, 0.2) is 42.5 Å². The number of rotatable bonds is 7. The van der Waals surface area contributed by atoms with Crippen molar-refractivity contribution in [2.24, 2.45) is 0 Å². The molecule has 24 heavy (non-hydrogen) atoms. The molecule has 0 saturated carbocycles. The van der Waals surface area contributed by atoms with Crippen LogP contribution in [0, 0.1) is 0 Å². The maximum absolute atomic E-state index is 9.82. The molecule has 0 saturated heterocycles. The zero-order valence-electron chi connectivity index (χ0n) is 14.1. The Morgan fingerprint density at radius 2 is 1.83 bits per heavy atom. The van der Waals surface area contributed by atoms with Crippen molar-refractivity contribution >= 4 is 0 Å². The third kappa shape index (κ3) is 4.19. The highest BCUT2D eigenvalue weighted by molar-refractivity contribution is 5.44. The zero-order valence-corrected chi connectivity index (χ0v) is 14.1. The fraction of sp³-hybridized carbons (Fsp3) is 0.368. The molecule has 0 radical (unpaired) electrons. The van der Waals surface area contributed by atoms with E-state index in [1.165, 1.54) is 0 Å². The molecular formula is C19H23NO4. The summed E-state index contributed by atoms with van der Waals surface area (Å²) < 4.78 is 16.1. The SMILES string of the molecule is COc1cccc(CN(Cc2ccc3c(c2)OCO3)CC(C)O)c1. The van der Waals surface area contributed by atoms with Crippen LogP contribution in [0.1, 0.15) is 18.1 Å². The highest BCUT2D eigenvalue weighted by Gasteiger charge is 2.16. The van der Waals surface area contributed by atoms with Crippen LogP contribution in [0.4, 0.5) is 0 Å². The normalized spacial score (nSPS) is 14.0. The number of aliphatic hydroxyl groups is 1. The van der Waals surface area contributed by atoms with E-state index in [4.69, 9.17) is 14.2 Å². The molecule has 1 aliphatic rings. The summed E-state index contributed by atoms with van der Waals surface area (Å²) in [6, 6.07) is 14.0. The molecule has 1 atom stereocenters. The fourth-order valence-electron chi connectivity index (χ4n) is 2.89. The van der Waals surface area contributed by atoms with Crippen molar-refractivity contribution in [3.05, 3.63) is 53.6 Å². The summed E-state index contributed by atoms with van der Waals surface area (Å²) >= 11 is 0. The van der Waals surface area contributed by atoms with Gasteiger partial charge in [-0.25, -0.2) is 0 Å². The Balaban J connectivity index is 1.73. The van der Waals surface area contributed by atoms with Crippen molar-refractivity contribution in [1.82, 2.24) is 4.90 Å². The van der Waals surface area contributed by atoms with E-state index in [-0.39, 0.29) is 6.79 Å². The van der Waals surface area contributed by atoms with Crippen molar-refractivity contribution < 1.29 is 19.3 Å². The van der Waals surface area contributed by atoms with Crippen LogP contribution in [0.25, 0.3) is 0 Å². The molecule has 1 heterocycles. The Kier molecular flexibility index (Phi) is 5.23.